The lowest BCUT2D eigenvalue weighted by Crippen LogP contribution is -2.11. The third kappa shape index (κ3) is 39.1. The van der Waals surface area contributed by atoms with Gasteiger partial charge in [0.25, 0.3) is 0 Å². The van der Waals surface area contributed by atoms with Crippen molar-refractivity contribution < 1.29 is 38.6 Å². The summed E-state index contributed by atoms with van der Waals surface area (Å²) in [6.45, 7) is 5.93. The Hall–Kier alpha value is -0.0500. The fourth-order valence-electron chi connectivity index (χ4n) is 1.59. The first-order valence-electron chi connectivity index (χ1n) is 8.04. The second-order valence-corrected chi connectivity index (χ2v) is 5.87. The summed E-state index contributed by atoms with van der Waals surface area (Å²) in [4.78, 5) is 21.6. The van der Waals surface area contributed by atoms with E-state index in [-0.39, 0.29) is 6.61 Å². The van der Waals surface area contributed by atoms with Crippen molar-refractivity contribution in [2.24, 2.45) is 0 Å². The van der Waals surface area contributed by atoms with Crippen LogP contribution in [0.4, 0.5) is 0 Å². The molecule has 4 N–H and O–H groups in total. The molecule has 0 saturated heterocycles. The van der Waals surface area contributed by atoms with Crippen LogP contribution in [0.1, 0.15) is 45.4 Å². The monoisotopic (exact) mass is 360 g/mol. The molecule has 0 aromatic carbocycles. The maximum Gasteiger partial charge on any atom is 0.466 e. The molecule has 0 aromatic heterocycles. The van der Waals surface area contributed by atoms with Gasteiger partial charge in [0.1, 0.15) is 0 Å². The van der Waals surface area contributed by atoms with Crippen molar-refractivity contribution in [2.45, 2.75) is 45.4 Å². The SMILES string of the molecule is CCCCCCCCOCCOCCOCCO.O=P(O)(O)O. The summed E-state index contributed by atoms with van der Waals surface area (Å²) in [5, 5.41) is 8.47. The molecule has 0 amide bonds. The van der Waals surface area contributed by atoms with Gasteiger partial charge in [0, 0.05) is 6.61 Å². The fraction of sp³-hybridized carbons (Fsp3) is 1.00. The van der Waals surface area contributed by atoms with E-state index >= 15 is 0 Å². The summed E-state index contributed by atoms with van der Waals surface area (Å²) in [6.07, 6.45) is 7.77. The van der Waals surface area contributed by atoms with Crippen LogP contribution in [0.2, 0.25) is 0 Å². The molecule has 0 aliphatic rings. The Morgan fingerprint density at radius 1 is 0.696 bits per heavy atom. The van der Waals surface area contributed by atoms with Gasteiger partial charge in [-0.3, -0.25) is 0 Å². The van der Waals surface area contributed by atoms with Crippen LogP contribution < -0.4 is 0 Å². The van der Waals surface area contributed by atoms with Gasteiger partial charge in [0.05, 0.1) is 39.6 Å². The predicted octanol–water partition coefficient (Wildman–Crippen LogP) is 1.46. The molecule has 0 spiro atoms. The van der Waals surface area contributed by atoms with Gasteiger partial charge in [-0.1, -0.05) is 39.0 Å². The second-order valence-electron chi connectivity index (χ2n) is 4.84. The number of phosphoric acid groups is 1. The minimum Gasteiger partial charge on any atom is -0.394 e. The molecule has 0 heterocycles. The Kier molecular flexibility index (Phi) is 21.9. The highest BCUT2D eigenvalue weighted by Gasteiger charge is 2.00. The molecule has 142 valence electrons. The first kappa shape index (κ1) is 25.2. The average molecular weight is 360 g/mol. The zero-order chi connectivity index (χ0) is 17.8. The van der Waals surface area contributed by atoms with Crippen LogP contribution in [0.5, 0.6) is 0 Å². The highest BCUT2D eigenvalue weighted by Crippen LogP contribution is 2.25. The molecule has 23 heavy (non-hydrogen) atoms. The van der Waals surface area contributed by atoms with Crippen molar-refractivity contribution in [2.75, 3.05) is 46.2 Å². The summed E-state index contributed by atoms with van der Waals surface area (Å²) in [5.41, 5.74) is 0. The molecule has 0 rings (SSSR count). The quantitative estimate of drug-likeness (QED) is 0.255. The lowest BCUT2D eigenvalue weighted by molar-refractivity contribution is 0.00719. The average Bonchev–Trinajstić information content (AvgIpc) is 2.46. The minimum atomic E-state index is -4.64. The molecule has 0 aliphatic carbocycles. The number of aliphatic hydroxyl groups is 1. The standard InChI is InChI=1S/C14H30O4.H3O4P/c1-2-3-4-5-6-7-9-16-11-13-18-14-12-17-10-8-15;1-5(2,3)4/h15H,2-14H2,1H3;(H3,1,2,3,4). The third-order valence-corrected chi connectivity index (χ3v) is 2.62. The maximum atomic E-state index is 8.88. The molecule has 0 radical (unpaired) electrons. The van der Waals surface area contributed by atoms with Gasteiger partial charge >= 0.3 is 7.82 Å². The number of hydrogen-bond acceptors (Lipinski definition) is 5. The highest BCUT2D eigenvalue weighted by molar-refractivity contribution is 7.45. The van der Waals surface area contributed by atoms with E-state index in [1.54, 1.807) is 0 Å². The van der Waals surface area contributed by atoms with E-state index < -0.39 is 7.82 Å². The first-order valence-corrected chi connectivity index (χ1v) is 9.60. The van der Waals surface area contributed by atoms with E-state index in [2.05, 4.69) is 6.92 Å². The minimum absolute atomic E-state index is 0.0708. The smallest absolute Gasteiger partial charge is 0.394 e. The van der Waals surface area contributed by atoms with Crippen LogP contribution in [-0.4, -0.2) is 66.0 Å². The summed E-state index contributed by atoms with van der Waals surface area (Å²) in [6, 6.07) is 0. The number of aliphatic hydroxyl groups excluding tert-OH is 1. The van der Waals surface area contributed by atoms with Crippen LogP contribution in [0.25, 0.3) is 0 Å². The van der Waals surface area contributed by atoms with Crippen LogP contribution in [0.3, 0.4) is 0 Å². The van der Waals surface area contributed by atoms with E-state index in [1.165, 1.54) is 32.1 Å². The van der Waals surface area contributed by atoms with Gasteiger partial charge in [-0.05, 0) is 6.42 Å². The Bertz CT molecular complexity index is 235. The second kappa shape index (κ2) is 20.0. The molecule has 9 heteroatoms. The highest BCUT2D eigenvalue weighted by atomic mass is 31.2. The van der Waals surface area contributed by atoms with Crippen molar-refractivity contribution in [3.05, 3.63) is 0 Å². The van der Waals surface area contributed by atoms with Crippen molar-refractivity contribution in [1.29, 1.82) is 0 Å². The number of rotatable bonds is 15. The molecule has 0 atom stereocenters. The van der Waals surface area contributed by atoms with Crippen molar-refractivity contribution in [3.63, 3.8) is 0 Å². The molecule has 0 unspecified atom stereocenters. The van der Waals surface area contributed by atoms with Gasteiger partial charge in [0.15, 0.2) is 0 Å². The van der Waals surface area contributed by atoms with E-state index in [1.807, 2.05) is 0 Å². The van der Waals surface area contributed by atoms with Gasteiger partial charge in [-0.25, -0.2) is 4.57 Å². The largest absolute Gasteiger partial charge is 0.466 e. The molecule has 0 aliphatic heterocycles. The van der Waals surface area contributed by atoms with Gasteiger partial charge in [-0.2, -0.15) is 0 Å². The Morgan fingerprint density at radius 3 is 1.57 bits per heavy atom. The first-order chi connectivity index (χ1) is 10.9. The molecule has 0 fully saturated rings. The number of hydrogen-bond donors (Lipinski definition) is 4. The number of ether oxygens (including phenoxy) is 3. The Balaban J connectivity index is 0. The molecular formula is C14H33O8P. The molecule has 8 nitrogen and oxygen atoms in total. The third-order valence-electron chi connectivity index (χ3n) is 2.62. The van der Waals surface area contributed by atoms with Gasteiger partial charge < -0.3 is 34.0 Å². The lowest BCUT2D eigenvalue weighted by Gasteiger charge is -2.06. The van der Waals surface area contributed by atoms with Gasteiger partial charge in [0.2, 0.25) is 0 Å². The van der Waals surface area contributed by atoms with Crippen molar-refractivity contribution in [1.82, 2.24) is 0 Å². The van der Waals surface area contributed by atoms with Crippen LogP contribution in [-0.2, 0) is 18.8 Å². The predicted molar refractivity (Wildman–Crippen MR) is 87.2 cm³/mol. The van der Waals surface area contributed by atoms with E-state index in [0.29, 0.717) is 33.0 Å². The van der Waals surface area contributed by atoms with Crippen LogP contribution >= 0.6 is 7.82 Å². The molecule has 0 bridgehead atoms. The normalized spacial score (nSPS) is 11.2. The lowest BCUT2D eigenvalue weighted by atomic mass is 10.1. The van der Waals surface area contributed by atoms with E-state index in [4.69, 9.17) is 38.6 Å². The zero-order valence-corrected chi connectivity index (χ0v) is 15.0. The maximum absolute atomic E-state index is 8.88. The number of unbranched alkanes of at least 4 members (excludes halogenated alkanes) is 5. The van der Waals surface area contributed by atoms with Crippen LogP contribution in [0.15, 0.2) is 0 Å². The van der Waals surface area contributed by atoms with Crippen LogP contribution in [0, 0.1) is 0 Å². The summed E-state index contributed by atoms with van der Waals surface area (Å²) in [7, 11) is -4.64. The molecule has 0 saturated carbocycles. The summed E-state index contributed by atoms with van der Waals surface area (Å²) < 4.78 is 24.7. The van der Waals surface area contributed by atoms with Gasteiger partial charge in [-0.15, -0.1) is 0 Å². The fourth-order valence-corrected chi connectivity index (χ4v) is 1.59. The van der Waals surface area contributed by atoms with E-state index in [0.717, 1.165) is 13.0 Å². The topological polar surface area (TPSA) is 126 Å². The molecular weight excluding hydrogens is 327 g/mol. The van der Waals surface area contributed by atoms with Crippen molar-refractivity contribution in [3.8, 4) is 0 Å². The summed E-state index contributed by atoms with van der Waals surface area (Å²) in [5.74, 6) is 0. The zero-order valence-electron chi connectivity index (χ0n) is 14.1. The Morgan fingerprint density at radius 2 is 1.09 bits per heavy atom. The Labute approximate surface area is 139 Å². The van der Waals surface area contributed by atoms with Crippen molar-refractivity contribution >= 4 is 7.82 Å². The molecule has 0 aromatic rings. The van der Waals surface area contributed by atoms with E-state index in [9.17, 15) is 0 Å². The summed E-state index contributed by atoms with van der Waals surface area (Å²) >= 11 is 0.